The van der Waals surface area contributed by atoms with Gasteiger partial charge in [-0.15, -0.1) is 0 Å². The lowest BCUT2D eigenvalue weighted by Gasteiger charge is -2.25. The van der Waals surface area contributed by atoms with Crippen LogP contribution < -0.4 is 15.6 Å². The minimum absolute atomic E-state index is 0.245. The van der Waals surface area contributed by atoms with Gasteiger partial charge in [0.15, 0.2) is 0 Å². The first-order chi connectivity index (χ1) is 20.1. The average Bonchev–Trinajstić information content (AvgIpc) is 2.93. The number of carboxylic acids is 1. The number of aromatic nitrogens is 1. The Balaban J connectivity index is 1.75. The molecule has 0 saturated heterocycles. The Kier molecular flexibility index (Phi) is 10.6. The van der Waals surface area contributed by atoms with Gasteiger partial charge < -0.3 is 24.6 Å². The third kappa shape index (κ3) is 8.10. The number of nitrogens with zero attached hydrogens (tertiary/aromatic N) is 2. The number of hydrogen-bond acceptors (Lipinski definition) is 5. The number of fused-ring (bicyclic) bond motifs is 4. The van der Waals surface area contributed by atoms with E-state index in [-0.39, 0.29) is 17.9 Å². The molecule has 0 fully saturated rings. The van der Waals surface area contributed by atoms with Crippen molar-refractivity contribution in [2.24, 2.45) is 0 Å². The molecule has 2 N–H and O–H groups in total. The van der Waals surface area contributed by atoms with Crippen LogP contribution in [-0.2, 0) is 16.0 Å². The Labute approximate surface area is 248 Å². The molecule has 2 atom stereocenters. The van der Waals surface area contributed by atoms with E-state index >= 15 is 0 Å². The predicted molar refractivity (Wildman–Crippen MR) is 165 cm³/mol. The summed E-state index contributed by atoms with van der Waals surface area (Å²) in [5, 5.41) is 12.8. The summed E-state index contributed by atoms with van der Waals surface area (Å²) in [5.41, 5.74) is 5.46. The maximum absolute atomic E-state index is 13.9. The maximum atomic E-state index is 13.9. The normalized spacial score (nSPS) is 18.2. The molecule has 1 aliphatic rings. The van der Waals surface area contributed by atoms with Gasteiger partial charge in [-0.25, -0.2) is 0 Å². The smallest absolute Gasteiger partial charge is 0.305 e. The first-order valence-corrected chi connectivity index (χ1v) is 14.8. The largest absolute Gasteiger partial charge is 0.493 e. The summed E-state index contributed by atoms with van der Waals surface area (Å²) >= 11 is 0. The van der Waals surface area contributed by atoms with Crippen LogP contribution in [0.5, 0.6) is 5.75 Å². The van der Waals surface area contributed by atoms with Gasteiger partial charge in [0.05, 0.1) is 19.1 Å². The van der Waals surface area contributed by atoms with Crippen molar-refractivity contribution in [3.63, 3.8) is 0 Å². The molecule has 2 aromatic carbocycles. The summed E-state index contributed by atoms with van der Waals surface area (Å²) < 4.78 is 7.83. The van der Waals surface area contributed by atoms with Gasteiger partial charge in [0.1, 0.15) is 11.8 Å². The minimum atomic E-state index is -1.02. The van der Waals surface area contributed by atoms with Crippen molar-refractivity contribution >= 4 is 11.9 Å². The van der Waals surface area contributed by atoms with Crippen molar-refractivity contribution in [2.45, 2.75) is 70.9 Å². The molecule has 224 valence electrons. The van der Waals surface area contributed by atoms with E-state index in [1.165, 1.54) is 10.6 Å². The first kappa shape index (κ1) is 31.0. The number of nitrogens with one attached hydrogen (secondary N) is 1. The number of carbonyl (C=O) groups excluding carboxylic acids is 1. The van der Waals surface area contributed by atoms with Crippen LogP contribution in [0, 0.1) is 13.8 Å². The van der Waals surface area contributed by atoms with Crippen LogP contribution in [0.15, 0.2) is 59.5 Å². The van der Waals surface area contributed by atoms with Crippen LogP contribution in [0.25, 0.3) is 11.1 Å². The van der Waals surface area contributed by atoms with E-state index in [4.69, 9.17) is 4.74 Å². The molecule has 0 saturated carbocycles. The number of benzene rings is 2. The topological polar surface area (TPSA) is 101 Å². The zero-order valence-electron chi connectivity index (χ0n) is 25.2. The zero-order chi connectivity index (χ0) is 30.2. The van der Waals surface area contributed by atoms with Gasteiger partial charge in [-0.3, -0.25) is 14.4 Å². The quantitative estimate of drug-likeness (QED) is 0.407. The van der Waals surface area contributed by atoms with Crippen molar-refractivity contribution in [3.8, 4) is 16.9 Å². The number of amides is 1. The Hall–Kier alpha value is -3.91. The molecule has 0 unspecified atom stereocenters. The second-order valence-corrected chi connectivity index (χ2v) is 11.6. The van der Waals surface area contributed by atoms with Crippen LogP contribution in [0.2, 0.25) is 0 Å². The fourth-order valence-electron chi connectivity index (χ4n) is 5.68. The molecule has 8 nitrogen and oxygen atoms in total. The van der Waals surface area contributed by atoms with Crippen molar-refractivity contribution in [3.05, 3.63) is 87.3 Å². The number of aliphatic carboxylic acids is 1. The van der Waals surface area contributed by atoms with Gasteiger partial charge in [-0.1, -0.05) is 49.6 Å². The number of hydrogen-bond donors (Lipinski definition) is 2. The number of carbonyl (C=O) groups is 2. The molecular weight excluding hydrogens is 530 g/mol. The minimum Gasteiger partial charge on any atom is -0.493 e. The van der Waals surface area contributed by atoms with E-state index in [1.54, 1.807) is 6.20 Å². The Morgan fingerprint density at radius 1 is 1.05 bits per heavy atom. The standard InChI is InChI=1S/C34H43N3O5/c1-23-18-24(2)33-27-11-9-10-26(20-27)28(21-32(39)40)35-34(41)29(12-7-5-6-8-17-42-30(33)19-23)37-22-25(13-14-31(37)38)15-16-36(3)4/h9-11,13-14,18-20,22,28-29H,5-8,12,15-17,21H2,1-4H3,(H,35,41)(H,39,40)/t28-,29-/m0/s1. The Morgan fingerprint density at radius 2 is 1.83 bits per heavy atom. The molecule has 1 aliphatic heterocycles. The third-order valence-electron chi connectivity index (χ3n) is 7.83. The zero-order valence-corrected chi connectivity index (χ0v) is 25.2. The highest BCUT2D eigenvalue weighted by Crippen LogP contribution is 2.36. The van der Waals surface area contributed by atoms with Crippen LogP contribution in [0.3, 0.4) is 0 Å². The summed E-state index contributed by atoms with van der Waals surface area (Å²) in [4.78, 5) is 41.0. The average molecular weight is 574 g/mol. The summed E-state index contributed by atoms with van der Waals surface area (Å²) in [7, 11) is 3.99. The molecule has 42 heavy (non-hydrogen) atoms. The fourth-order valence-corrected chi connectivity index (χ4v) is 5.68. The lowest BCUT2D eigenvalue weighted by Crippen LogP contribution is -2.39. The number of rotatable bonds is 6. The van der Waals surface area contributed by atoms with Crippen LogP contribution in [0.1, 0.15) is 72.9 Å². The monoisotopic (exact) mass is 573 g/mol. The Bertz CT molecular complexity index is 1460. The summed E-state index contributed by atoms with van der Waals surface area (Å²) in [5.74, 6) is -0.555. The van der Waals surface area contributed by atoms with E-state index in [0.29, 0.717) is 18.6 Å². The summed E-state index contributed by atoms with van der Waals surface area (Å²) in [6, 6.07) is 13.6. The van der Waals surface area contributed by atoms with E-state index < -0.39 is 18.1 Å². The predicted octanol–water partition coefficient (Wildman–Crippen LogP) is 5.45. The number of likely N-dealkylation sites (N-methyl/N-ethyl adjacent to an activating group) is 1. The second kappa shape index (κ2) is 14.3. The number of aryl methyl sites for hydroxylation is 2. The highest BCUT2D eigenvalue weighted by molar-refractivity contribution is 5.82. The second-order valence-electron chi connectivity index (χ2n) is 11.6. The molecule has 8 heteroatoms. The van der Waals surface area contributed by atoms with Crippen molar-refractivity contribution in [2.75, 3.05) is 27.2 Å². The van der Waals surface area contributed by atoms with E-state index in [1.807, 2.05) is 64.3 Å². The molecule has 0 aliphatic carbocycles. The van der Waals surface area contributed by atoms with Gasteiger partial charge in [-0.2, -0.15) is 0 Å². The highest BCUT2D eigenvalue weighted by atomic mass is 16.5. The Morgan fingerprint density at radius 3 is 2.60 bits per heavy atom. The first-order valence-electron chi connectivity index (χ1n) is 14.8. The van der Waals surface area contributed by atoms with Crippen LogP contribution in [0.4, 0.5) is 0 Å². The molecule has 0 spiro atoms. The van der Waals surface area contributed by atoms with Crippen LogP contribution in [-0.4, -0.2) is 53.7 Å². The number of carboxylic acid groups (broad SMARTS) is 1. The van der Waals surface area contributed by atoms with Gasteiger partial charge in [0.25, 0.3) is 5.56 Å². The molecular formula is C34H43N3O5. The van der Waals surface area contributed by atoms with Crippen molar-refractivity contribution < 1.29 is 19.4 Å². The molecule has 1 aromatic heterocycles. The van der Waals surface area contributed by atoms with E-state index in [0.717, 1.165) is 72.2 Å². The van der Waals surface area contributed by atoms with E-state index in [9.17, 15) is 19.5 Å². The van der Waals surface area contributed by atoms with Crippen molar-refractivity contribution in [1.29, 1.82) is 0 Å². The van der Waals surface area contributed by atoms with Gasteiger partial charge in [0, 0.05) is 24.4 Å². The highest BCUT2D eigenvalue weighted by Gasteiger charge is 2.27. The SMILES string of the molecule is Cc1cc(C)c2c(c1)OCCCCCC[C@H](n1cc(CCN(C)C)ccc1=O)C(=O)N[C@@H](CC(=O)O)c1cccc-2c1. The molecule has 0 radical (unpaired) electrons. The third-order valence-corrected chi connectivity index (χ3v) is 7.83. The van der Waals surface area contributed by atoms with Crippen LogP contribution >= 0.6 is 0 Å². The summed E-state index contributed by atoms with van der Waals surface area (Å²) in [6.07, 6.45) is 6.18. The molecule has 2 heterocycles. The fraction of sp³-hybridized carbons (Fsp3) is 0.441. The molecule has 4 rings (SSSR count). The maximum Gasteiger partial charge on any atom is 0.305 e. The lowest BCUT2D eigenvalue weighted by atomic mass is 9.93. The van der Waals surface area contributed by atoms with E-state index in [2.05, 4.69) is 16.3 Å². The number of ether oxygens (including phenoxy) is 1. The molecule has 2 bridgehead atoms. The van der Waals surface area contributed by atoms with Gasteiger partial charge >= 0.3 is 5.97 Å². The lowest BCUT2D eigenvalue weighted by molar-refractivity contribution is -0.138. The van der Waals surface area contributed by atoms with Crippen molar-refractivity contribution in [1.82, 2.24) is 14.8 Å². The molecule has 1 amide bonds. The van der Waals surface area contributed by atoms with Gasteiger partial charge in [-0.05, 0) is 87.2 Å². The molecule has 3 aromatic rings. The van der Waals surface area contributed by atoms with Gasteiger partial charge in [0.2, 0.25) is 5.91 Å². The summed E-state index contributed by atoms with van der Waals surface area (Å²) in [6.45, 7) is 5.49. The number of pyridine rings is 1.